The molecule has 1 aliphatic carbocycles. The van der Waals surface area contributed by atoms with Crippen LogP contribution < -0.4 is 14.2 Å². The summed E-state index contributed by atoms with van der Waals surface area (Å²) in [5.74, 6) is 2.02. The number of aryl methyl sites for hydroxylation is 1. The summed E-state index contributed by atoms with van der Waals surface area (Å²) >= 11 is 0. The topological polar surface area (TPSA) is 44.8 Å². The van der Waals surface area contributed by atoms with Crippen LogP contribution in [0.2, 0.25) is 0 Å². The largest absolute Gasteiger partial charge is 0.496 e. The van der Waals surface area contributed by atoms with Crippen molar-refractivity contribution in [3.63, 3.8) is 0 Å². The van der Waals surface area contributed by atoms with E-state index in [1.807, 2.05) is 36.4 Å². The SMILES string of the molecule is COc1ccccc1C=C1CCc2cc(OC)c(OC)cc2C1=O. The Bertz CT molecular complexity index is 805. The minimum absolute atomic E-state index is 0.0307. The number of ketones is 1. The van der Waals surface area contributed by atoms with Crippen molar-refractivity contribution in [1.29, 1.82) is 0 Å². The molecule has 124 valence electrons. The van der Waals surface area contributed by atoms with Crippen molar-refractivity contribution in [2.45, 2.75) is 12.8 Å². The fourth-order valence-corrected chi connectivity index (χ4v) is 3.01. The number of para-hydroxylation sites is 1. The number of carbonyl (C=O) groups excluding carboxylic acids is 1. The first kappa shape index (κ1) is 16.1. The van der Waals surface area contributed by atoms with Gasteiger partial charge in [0.2, 0.25) is 0 Å². The van der Waals surface area contributed by atoms with Crippen LogP contribution in [0.4, 0.5) is 0 Å². The summed E-state index contributed by atoms with van der Waals surface area (Å²) in [7, 11) is 4.80. The third-order valence-corrected chi connectivity index (χ3v) is 4.28. The molecule has 0 saturated carbocycles. The van der Waals surface area contributed by atoms with Crippen molar-refractivity contribution in [3.05, 3.63) is 58.7 Å². The third kappa shape index (κ3) is 2.87. The molecule has 0 heterocycles. The van der Waals surface area contributed by atoms with Gasteiger partial charge in [-0.1, -0.05) is 18.2 Å². The first-order valence-corrected chi connectivity index (χ1v) is 7.81. The molecule has 3 rings (SSSR count). The van der Waals surface area contributed by atoms with Gasteiger partial charge < -0.3 is 14.2 Å². The van der Waals surface area contributed by atoms with Gasteiger partial charge in [0.25, 0.3) is 0 Å². The molecule has 0 N–H and O–H groups in total. The molecule has 0 amide bonds. The third-order valence-electron chi connectivity index (χ3n) is 4.28. The number of ether oxygens (including phenoxy) is 3. The molecule has 0 aromatic heterocycles. The van der Waals surface area contributed by atoms with Crippen LogP contribution in [0.3, 0.4) is 0 Å². The van der Waals surface area contributed by atoms with Crippen LogP contribution in [-0.4, -0.2) is 27.1 Å². The van der Waals surface area contributed by atoms with Crippen molar-refractivity contribution in [2.75, 3.05) is 21.3 Å². The van der Waals surface area contributed by atoms with E-state index in [0.29, 0.717) is 23.5 Å². The van der Waals surface area contributed by atoms with Crippen LogP contribution in [0, 0.1) is 0 Å². The monoisotopic (exact) mass is 324 g/mol. The van der Waals surface area contributed by atoms with E-state index < -0.39 is 0 Å². The Kier molecular flexibility index (Phi) is 4.56. The second kappa shape index (κ2) is 6.79. The van der Waals surface area contributed by atoms with Crippen molar-refractivity contribution in [1.82, 2.24) is 0 Å². The van der Waals surface area contributed by atoms with E-state index in [4.69, 9.17) is 14.2 Å². The average Bonchev–Trinajstić information content (AvgIpc) is 2.63. The summed E-state index contributed by atoms with van der Waals surface area (Å²) < 4.78 is 16.0. The molecule has 0 radical (unpaired) electrons. The first-order chi connectivity index (χ1) is 11.7. The van der Waals surface area contributed by atoms with Gasteiger partial charge in [0.1, 0.15) is 5.75 Å². The summed E-state index contributed by atoms with van der Waals surface area (Å²) in [6, 6.07) is 11.3. The second-order valence-electron chi connectivity index (χ2n) is 5.60. The zero-order valence-corrected chi connectivity index (χ0v) is 14.1. The minimum atomic E-state index is 0.0307. The molecule has 2 aromatic rings. The Morgan fingerprint density at radius 3 is 2.25 bits per heavy atom. The first-order valence-electron chi connectivity index (χ1n) is 7.81. The molecule has 0 atom stereocenters. The second-order valence-corrected chi connectivity index (χ2v) is 5.60. The number of Topliss-reactive ketones (excluding diaryl/α,β-unsaturated/α-hetero) is 1. The number of hydrogen-bond acceptors (Lipinski definition) is 4. The quantitative estimate of drug-likeness (QED) is 0.800. The highest BCUT2D eigenvalue weighted by atomic mass is 16.5. The number of rotatable bonds is 4. The Balaban J connectivity index is 2.02. The number of benzene rings is 2. The zero-order chi connectivity index (χ0) is 17.1. The Morgan fingerprint density at radius 2 is 1.54 bits per heavy atom. The Labute approximate surface area is 141 Å². The maximum Gasteiger partial charge on any atom is 0.189 e. The van der Waals surface area contributed by atoms with Gasteiger partial charge in [0.15, 0.2) is 17.3 Å². The zero-order valence-electron chi connectivity index (χ0n) is 14.1. The molecule has 0 unspecified atom stereocenters. The maximum absolute atomic E-state index is 12.9. The molecule has 4 nitrogen and oxygen atoms in total. The van der Waals surface area contributed by atoms with Gasteiger partial charge >= 0.3 is 0 Å². The summed E-state index contributed by atoms with van der Waals surface area (Å²) in [5.41, 5.74) is 3.36. The Hall–Kier alpha value is -2.75. The molecular weight excluding hydrogens is 304 g/mol. The number of fused-ring (bicyclic) bond motifs is 1. The summed E-state index contributed by atoms with van der Waals surface area (Å²) in [4.78, 5) is 12.9. The van der Waals surface area contributed by atoms with Crippen LogP contribution in [0.5, 0.6) is 17.2 Å². The highest BCUT2D eigenvalue weighted by Crippen LogP contribution is 2.36. The van der Waals surface area contributed by atoms with Gasteiger partial charge in [-0.15, -0.1) is 0 Å². The van der Waals surface area contributed by atoms with Gasteiger partial charge in [-0.05, 0) is 42.7 Å². The molecule has 1 aliphatic rings. The molecule has 0 aliphatic heterocycles. The average molecular weight is 324 g/mol. The van der Waals surface area contributed by atoms with Crippen LogP contribution >= 0.6 is 0 Å². The number of hydrogen-bond donors (Lipinski definition) is 0. The molecule has 0 spiro atoms. The van der Waals surface area contributed by atoms with Gasteiger partial charge in [0.05, 0.1) is 21.3 Å². The van der Waals surface area contributed by atoms with Crippen molar-refractivity contribution >= 4 is 11.9 Å². The predicted octanol–water partition coefficient (Wildman–Crippen LogP) is 3.92. The lowest BCUT2D eigenvalue weighted by Gasteiger charge is -2.20. The number of allylic oxidation sites excluding steroid dienone is 1. The number of methoxy groups -OCH3 is 3. The summed E-state index contributed by atoms with van der Waals surface area (Å²) in [5, 5.41) is 0. The lowest BCUT2D eigenvalue weighted by Crippen LogP contribution is -2.14. The summed E-state index contributed by atoms with van der Waals surface area (Å²) in [6.45, 7) is 0. The minimum Gasteiger partial charge on any atom is -0.496 e. The van der Waals surface area contributed by atoms with Gasteiger partial charge in [-0.2, -0.15) is 0 Å². The van der Waals surface area contributed by atoms with E-state index in [9.17, 15) is 4.79 Å². The molecule has 2 aromatic carbocycles. The van der Waals surface area contributed by atoms with E-state index in [2.05, 4.69) is 0 Å². The van der Waals surface area contributed by atoms with E-state index in [1.54, 1.807) is 27.4 Å². The van der Waals surface area contributed by atoms with Gasteiger partial charge in [-0.25, -0.2) is 0 Å². The van der Waals surface area contributed by atoms with Crippen LogP contribution in [-0.2, 0) is 6.42 Å². The lowest BCUT2D eigenvalue weighted by molar-refractivity contribution is 0.102. The highest BCUT2D eigenvalue weighted by molar-refractivity contribution is 6.13. The van der Waals surface area contributed by atoms with Crippen molar-refractivity contribution in [2.24, 2.45) is 0 Å². The van der Waals surface area contributed by atoms with E-state index in [0.717, 1.165) is 28.9 Å². The van der Waals surface area contributed by atoms with Crippen LogP contribution in [0.25, 0.3) is 6.08 Å². The summed E-state index contributed by atoms with van der Waals surface area (Å²) in [6.07, 6.45) is 3.41. The molecule has 0 saturated heterocycles. The molecule has 24 heavy (non-hydrogen) atoms. The fourth-order valence-electron chi connectivity index (χ4n) is 3.01. The predicted molar refractivity (Wildman–Crippen MR) is 93.2 cm³/mol. The van der Waals surface area contributed by atoms with Crippen LogP contribution in [0.1, 0.15) is 27.9 Å². The van der Waals surface area contributed by atoms with Gasteiger partial charge in [-0.3, -0.25) is 4.79 Å². The lowest BCUT2D eigenvalue weighted by atomic mass is 9.85. The standard InChI is InChI=1S/C20H20O4/c1-22-17-7-5-4-6-14(17)10-15-9-8-13-11-18(23-2)19(24-3)12-16(13)20(15)21/h4-7,10-12H,8-9H2,1-3H3. The Morgan fingerprint density at radius 1 is 0.875 bits per heavy atom. The molecule has 0 bridgehead atoms. The van der Waals surface area contributed by atoms with Crippen molar-refractivity contribution < 1.29 is 19.0 Å². The van der Waals surface area contributed by atoms with E-state index >= 15 is 0 Å². The van der Waals surface area contributed by atoms with Gasteiger partial charge in [0, 0.05) is 16.7 Å². The molecular formula is C20H20O4. The van der Waals surface area contributed by atoms with E-state index in [1.165, 1.54) is 0 Å². The van der Waals surface area contributed by atoms with Crippen LogP contribution in [0.15, 0.2) is 42.0 Å². The highest BCUT2D eigenvalue weighted by Gasteiger charge is 2.24. The molecule has 0 fully saturated rings. The maximum atomic E-state index is 12.9. The van der Waals surface area contributed by atoms with E-state index in [-0.39, 0.29) is 5.78 Å². The fraction of sp³-hybridized carbons (Fsp3) is 0.250. The van der Waals surface area contributed by atoms with Crippen molar-refractivity contribution in [3.8, 4) is 17.2 Å². The normalized spacial score (nSPS) is 15.1. The number of carbonyl (C=O) groups is 1. The smallest absolute Gasteiger partial charge is 0.189 e. The molecule has 4 heteroatoms.